The first-order valence-corrected chi connectivity index (χ1v) is 8.57. The number of carbonyl (C=O) groups is 4. The van der Waals surface area contributed by atoms with Crippen molar-refractivity contribution < 1.29 is 33.4 Å². The summed E-state index contributed by atoms with van der Waals surface area (Å²) in [5, 5.41) is 2.15. The lowest BCUT2D eigenvalue weighted by molar-refractivity contribution is -0.126. The van der Waals surface area contributed by atoms with Crippen LogP contribution in [-0.2, 0) is 14.3 Å². The molecule has 1 aromatic carbocycles. The summed E-state index contributed by atoms with van der Waals surface area (Å²) in [7, 11) is 2.90. The Morgan fingerprint density at radius 2 is 1.81 bits per heavy atom. The molecule has 1 aliphatic rings. The van der Waals surface area contributed by atoms with Crippen molar-refractivity contribution in [3.63, 3.8) is 0 Å². The van der Waals surface area contributed by atoms with Crippen LogP contribution in [0.15, 0.2) is 18.2 Å². The lowest BCUT2D eigenvalue weighted by Crippen LogP contribution is -2.38. The molecule has 3 amide bonds. The van der Waals surface area contributed by atoms with Crippen molar-refractivity contribution in [1.82, 2.24) is 10.2 Å². The normalized spacial score (nSPS) is 13.5. The number of hydrogen-bond donors (Lipinski definition) is 1. The molecule has 26 heavy (non-hydrogen) atoms. The monoisotopic (exact) mass is 382 g/mol. The van der Waals surface area contributed by atoms with Gasteiger partial charge in [0.25, 0.3) is 11.1 Å². The largest absolute Gasteiger partial charge is 0.497 e. The number of benzene rings is 1. The minimum atomic E-state index is -0.710. The van der Waals surface area contributed by atoms with Crippen molar-refractivity contribution in [1.29, 1.82) is 0 Å². The highest BCUT2D eigenvalue weighted by atomic mass is 32.2. The molecule has 9 nitrogen and oxygen atoms in total. The second kappa shape index (κ2) is 9.09. The fraction of sp³-hybridized carbons (Fsp3) is 0.375. The third-order valence-corrected chi connectivity index (χ3v) is 4.28. The first-order valence-electron chi connectivity index (χ1n) is 7.58. The molecule has 140 valence electrons. The Balaban J connectivity index is 1.79. The lowest BCUT2D eigenvalue weighted by atomic mass is 10.2. The van der Waals surface area contributed by atoms with Gasteiger partial charge in [0.15, 0.2) is 6.61 Å². The van der Waals surface area contributed by atoms with E-state index in [0.717, 1.165) is 16.7 Å². The fourth-order valence-electron chi connectivity index (χ4n) is 2.09. The second-order valence-corrected chi connectivity index (χ2v) is 6.05. The predicted molar refractivity (Wildman–Crippen MR) is 92.4 cm³/mol. The van der Waals surface area contributed by atoms with Crippen molar-refractivity contribution in [2.75, 3.05) is 39.7 Å². The van der Waals surface area contributed by atoms with E-state index in [-0.39, 0.29) is 35.6 Å². The molecular weight excluding hydrogens is 364 g/mol. The molecule has 0 unspecified atom stereocenters. The molecule has 0 radical (unpaired) electrons. The lowest BCUT2D eigenvalue weighted by Gasteiger charge is -2.13. The Morgan fingerprint density at radius 3 is 2.35 bits per heavy atom. The van der Waals surface area contributed by atoms with Crippen LogP contribution < -0.4 is 14.8 Å². The average molecular weight is 382 g/mol. The number of nitrogens with zero attached hydrogens (tertiary/aromatic N) is 1. The van der Waals surface area contributed by atoms with Crippen molar-refractivity contribution in [3.8, 4) is 11.5 Å². The number of ether oxygens (including phenoxy) is 3. The number of thioether (sulfide) groups is 1. The zero-order valence-electron chi connectivity index (χ0n) is 14.3. The Hall–Kier alpha value is -2.75. The second-order valence-electron chi connectivity index (χ2n) is 5.13. The molecule has 0 atom stereocenters. The SMILES string of the molecule is COc1cc(OC)cc(C(=O)OCC(=O)NCCN2C(=O)CSC2=O)c1. The number of esters is 1. The van der Waals surface area contributed by atoms with Gasteiger partial charge >= 0.3 is 5.97 Å². The number of rotatable bonds is 8. The fourth-order valence-corrected chi connectivity index (χ4v) is 2.85. The Labute approximate surface area is 153 Å². The van der Waals surface area contributed by atoms with Gasteiger partial charge < -0.3 is 19.5 Å². The van der Waals surface area contributed by atoms with Crippen LogP contribution in [-0.4, -0.2) is 67.6 Å². The van der Waals surface area contributed by atoms with Crippen LogP contribution in [0.2, 0.25) is 0 Å². The molecule has 0 aliphatic carbocycles. The third kappa shape index (κ3) is 5.12. The molecular formula is C16H18N2O7S. The molecule has 2 rings (SSSR count). The molecule has 0 saturated carbocycles. The maximum atomic E-state index is 12.0. The maximum absolute atomic E-state index is 12.0. The van der Waals surface area contributed by atoms with E-state index in [0.29, 0.717) is 11.5 Å². The van der Waals surface area contributed by atoms with Gasteiger partial charge in [-0.2, -0.15) is 0 Å². The zero-order chi connectivity index (χ0) is 19.1. The molecule has 1 aromatic rings. The van der Waals surface area contributed by atoms with E-state index < -0.39 is 18.5 Å². The zero-order valence-corrected chi connectivity index (χ0v) is 15.1. The van der Waals surface area contributed by atoms with E-state index in [1.165, 1.54) is 26.4 Å². The average Bonchev–Trinajstić information content (AvgIpc) is 2.97. The van der Waals surface area contributed by atoms with Crippen LogP contribution in [0.4, 0.5) is 4.79 Å². The molecule has 0 spiro atoms. The van der Waals surface area contributed by atoms with Crippen LogP contribution in [0, 0.1) is 0 Å². The molecule has 0 aromatic heterocycles. The summed E-state index contributed by atoms with van der Waals surface area (Å²) in [6.45, 7) is -0.326. The van der Waals surface area contributed by atoms with Crippen LogP contribution in [0.1, 0.15) is 10.4 Å². The van der Waals surface area contributed by atoms with Gasteiger partial charge in [0.2, 0.25) is 5.91 Å². The van der Waals surface area contributed by atoms with Crippen molar-refractivity contribution in [2.24, 2.45) is 0 Å². The summed E-state index contributed by atoms with van der Waals surface area (Å²) in [4.78, 5) is 47.7. The van der Waals surface area contributed by atoms with Gasteiger partial charge in [-0.1, -0.05) is 11.8 Å². The van der Waals surface area contributed by atoms with Gasteiger partial charge in [0.1, 0.15) is 11.5 Å². The molecule has 1 aliphatic heterocycles. The van der Waals surface area contributed by atoms with E-state index in [1.54, 1.807) is 6.07 Å². The Morgan fingerprint density at radius 1 is 1.15 bits per heavy atom. The predicted octanol–water partition coefficient (Wildman–Crippen LogP) is 0.672. The van der Waals surface area contributed by atoms with E-state index in [2.05, 4.69) is 5.32 Å². The summed E-state index contributed by atoms with van der Waals surface area (Å²) in [6.07, 6.45) is 0. The first-order chi connectivity index (χ1) is 12.4. The van der Waals surface area contributed by atoms with E-state index in [4.69, 9.17) is 14.2 Å². The minimum Gasteiger partial charge on any atom is -0.497 e. The van der Waals surface area contributed by atoms with Gasteiger partial charge in [-0.3, -0.25) is 19.3 Å². The first kappa shape index (κ1) is 19.6. The summed E-state index contributed by atoms with van der Waals surface area (Å²) in [6, 6.07) is 4.53. The van der Waals surface area contributed by atoms with Crippen LogP contribution in [0.3, 0.4) is 0 Å². The summed E-state index contributed by atoms with van der Waals surface area (Å²) < 4.78 is 15.1. The molecule has 1 saturated heterocycles. The standard InChI is InChI=1S/C16H18N2O7S/c1-23-11-5-10(6-12(7-11)24-2)15(21)25-8-13(19)17-3-4-18-14(20)9-26-16(18)22/h5-7H,3-4,8-9H2,1-2H3,(H,17,19). The highest BCUT2D eigenvalue weighted by Crippen LogP contribution is 2.23. The van der Waals surface area contributed by atoms with Gasteiger partial charge in [-0.25, -0.2) is 4.79 Å². The van der Waals surface area contributed by atoms with Crippen molar-refractivity contribution in [3.05, 3.63) is 23.8 Å². The van der Waals surface area contributed by atoms with Gasteiger partial charge in [0.05, 0.1) is 25.5 Å². The third-order valence-electron chi connectivity index (χ3n) is 3.42. The van der Waals surface area contributed by atoms with Crippen LogP contribution >= 0.6 is 11.8 Å². The summed E-state index contributed by atoms with van der Waals surface area (Å²) >= 11 is 0.925. The molecule has 0 bridgehead atoms. The number of methoxy groups -OCH3 is 2. The van der Waals surface area contributed by atoms with E-state index in [9.17, 15) is 19.2 Å². The Bertz CT molecular complexity index is 684. The molecule has 1 N–H and O–H groups in total. The number of imide groups is 1. The molecule has 1 heterocycles. The quantitative estimate of drug-likeness (QED) is 0.653. The number of hydrogen-bond acceptors (Lipinski definition) is 8. The van der Waals surface area contributed by atoms with Crippen LogP contribution in [0.5, 0.6) is 11.5 Å². The number of amides is 3. The van der Waals surface area contributed by atoms with Crippen molar-refractivity contribution in [2.45, 2.75) is 0 Å². The van der Waals surface area contributed by atoms with Crippen molar-refractivity contribution >= 4 is 34.8 Å². The summed E-state index contributed by atoms with van der Waals surface area (Å²) in [5.41, 5.74) is 0.180. The van der Waals surface area contributed by atoms with E-state index >= 15 is 0 Å². The Kier molecular flexibility index (Phi) is 6.84. The van der Waals surface area contributed by atoms with Crippen LogP contribution in [0.25, 0.3) is 0 Å². The maximum Gasteiger partial charge on any atom is 0.338 e. The molecule has 1 fully saturated rings. The van der Waals surface area contributed by atoms with E-state index in [1.807, 2.05) is 0 Å². The topological polar surface area (TPSA) is 111 Å². The minimum absolute atomic E-state index is 0.0808. The summed E-state index contributed by atoms with van der Waals surface area (Å²) in [5.74, 6) is -0.586. The van der Waals surface area contributed by atoms with Gasteiger partial charge in [-0.05, 0) is 12.1 Å². The molecule has 10 heteroatoms. The van der Waals surface area contributed by atoms with Gasteiger partial charge in [0, 0.05) is 19.2 Å². The van der Waals surface area contributed by atoms with Gasteiger partial charge in [-0.15, -0.1) is 0 Å². The number of nitrogens with one attached hydrogen (secondary N) is 1. The highest BCUT2D eigenvalue weighted by Gasteiger charge is 2.29. The number of carbonyl (C=O) groups excluding carboxylic acids is 4. The smallest absolute Gasteiger partial charge is 0.338 e. The highest BCUT2D eigenvalue weighted by molar-refractivity contribution is 8.14.